The van der Waals surface area contributed by atoms with Crippen LogP contribution in [0.5, 0.6) is 0 Å². The van der Waals surface area contributed by atoms with Crippen molar-refractivity contribution in [2.75, 3.05) is 18.4 Å². The van der Waals surface area contributed by atoms with E-state index in [9.17, 15) is 13.2 Å². The maximum atomic E-state index is 12.2. The van der Waals surface area contributed by atoms with Gasteiger partial charge in [0.15, 0.2) is 5.78 Å². The molecule has 0 bridgehead atoms. The fourth-order valence-electron chi connectivity index (χ4n) is 1.60. The molecule has 18 heavy (non-hydrogen) atoms. The SMILES string of the molecule is CCN(CC)S(=O)(=O)c1ccc(C(=O)CBr)cc1. The van der Waals surface area contributed by atoms with Gasteiger partial charge in [-0.15, -0.1) is 0 Å². The molecule has 0 radical (unpaired) electrons. The van der Waals surface area contributed by atoms with Crippen molar-refractivity contribution in [1.29, 1.82) is 0 Å². The van der Waals surface area contributed by atoms with E-state index in [1.165, 1.54) is 16.4 Å². The van der Waals surface area contributed by atoms with Gasteiger partial charge in [-0.3, -0.25) is 4.79 Å². The average Bonchev–Trinajstić information content (AvgIpc) is 2.39. The van der Waals surface area contributed by atoms with Crippen LogP contribution >= 0.6 is 15.9 Å². The molecule has 0 aliphatic heterocycles. The summed E-state index contributed by atoms with van der Waals surface area (Å²) < 4.78 is 25.7. The number of halogens is 1. The van der Waals surface area contributed by atoms with Crippen molar-refractivity contribution in [1.82, 2.24) is 4.31 Å². The molecule has 100 valence electrons. The first kappa shape index (κ1) is 15.3. The Bertz CT molecular complexity index is 507. The highest BCUT2D eigenvalue weighted by Crippen LogP contribution is 2.16. The molecule has 0 N–H and O–H groups in total. The van der Waals surface area contributed by atoms with Gasteiger partial charge < -0.3 is 0 Å². The molecule has 0 saturated heterocycles. The van der Waals surface area contributed by atoms with E-state index < -0.39 is 10.0 Å². The Labute approximate surface area is 116 Å². The van der Waals surface area contributed by atoms with E-state index in [1.807, 2.05) is 0 Å². The van der Waals surface area contributed by atoms with Gasteiger partial charge in [0.25, 0.3) is 0 Å². The molecule has 6 heteroatoms. The van der Waals surface area contributed by atoms with Crippen molar-refractivity contribution < 1.29 is 13.2 Å². The second kappa shape index (κ2) is 6.45. The average molecular weight is 334 g/mol. The van der Waals surface area contributed by atoms with E-state index in [2.05, 4.69) is 15.9 Å². The zero-order chi connectivity index (χ0) is 13.8. The minimum Gasteiger partial charge on any atom is -0.293 e. The van der Waals surface area contributed by atoms with Gasteiger partial charge >= 0.3 is 0 Å². The molecule has 0 heterocycles. The molecule has 0 fully saturated rings. The van der Waals surface area contributed by atoms with Gasteiger partial charge in [0, 0.05) is 18.7 Å². The summed E-state index contributed by atoms with van der Waals surface area (Å²) in [5.41, 5.74) is 0.505. The van der Waals surface area contributed by atoms with Gasteiger partial charge in [0.2, 0.25) is 10.0 Å². The summed E-state index contributed by atoms with van der Waals surface area (Å²) in [5, 5.41) is 0.231. The monoisotopic (exact) mass is 333 g/mol. The van der Waals surface area contributed by atoms with Crippen molar-refractivity contribution in [3.8, 4) is 0 Å². The van der Waals surface area contributed by atoms with Crippen LogP contribution in [0.1, 0.15) is 24.2 Å². The topological polar surface area (TPSA) is 54.5 Å². The molecular weight excluding hydrogens is 318 g/mol. The lowest BCUT2D eigenvalue weighted by molar-refractivity contribution is 0.102. The van der Waals surface area contributed by atoms with Gasteiger partial charge in [0.05, 0.1) is 10.2 Å². The Morgan fingerprint density at radius 2 is 1.67 bits per heavy atom. The molecule has 0 spiro atoms. The third-order valence-corrected chi connectivity index (χ3v) is 5.21. The number of Topliss-reactive ketones (excluding diaryl/α,β-unsaturated/α-hetero) is 1. The van der Waals surface area contributed by atoms with Crippen LogP contribution in [0, 0.1) is 0 Å². The number of ketones is 1. The molecule has 0 atom stereocenters. The Morgan fingerprint density at radius 3 is 2.06 bits per heavy atom. The smallest absolute Gasteiger partial charge is 0.243 e. The van der Waals surface area contributed by atoms with Gasteiger partial charge in [-0.2, -0.15) is 4.31 Å². The van der Waals surface area contributed by atoms with E-state index in [0.29, 0.717) is 18.7 Å². The second-order valence-corrected chi connectivity index (χ2v) is 6.17. The van der Waals surface area contributed by atoms with E-state index in [-0.39, 0.29) is 16.0 Å². The summed E-state index contributed by atoms with van der Waals surface area (Å²) in [6, 6.07) is 6.03. The van der Waals surface area contributed by atoms with Crippen LogP contribution in [0.15, 0.2) is 29.2 Å². The minimum atomic E-state index is -3.44. The van der Waals surface area contributed by atoms with Crippen LogP contribution in [0.25, 0.3) is 0 Å². The number of benzene rings is 1. The number of nitrogens with zero attached hydrogens (tertiary/aromatic N) is 1. The number of carbonyl (C=O) groups excluding carboxylic acids is 1. The molecule has 0 aliphatic carbocycles. The summed E-state index contributed by atoms with van der Waals surface area (Å²) in [4.78, 5) is 11.6. The number of carbonyl (C=O) groups is 1. The van der Waals surface area contributed by atoms with Crippen LogP contribution in [-0.4, -0.2) is 36.9 Å². The molecule has 0 amide bonds. The van der Waals surface area contributed by atoms with E-state index >= 15 is 0 Å². The molecule has 0 aromatic heterocycles. The quantitative estimate of drug-likeness (QED) is 0.592. The summed E-state index contributed by atoms with van der Waals surface area (Å²) in [7, 11) is -3.44. The molecular formula is C12H16BrNO3S. The van der Waals surface area contributed by atoms with E-state index in [0.717, 1.165) is 0 Å². The lowest BCUT2D eigenvalue weighted by Crippen LogP contribution is -2.30. The maximum absolute atomic E-state index is 12.2. The zero-order valence-corrected chi connectivity index (χ0v) is 12.8. The van der Waals surface area contributed by atoms with Crippen molar-refractivity contribution in [3.63, 3.8) is 0 Å². The lowest BCUT2D eigenvalue weighted by Gasteiger charge is -2.18. The highest BCUT2D eigenvalue weighted by molar-refractivity contribution is 9.09. The second-order valence-electron chi connectivity index (χ2n) is 3.67. The highest BCUT2D eigenvalue weighted by Gasteiger charge is 2.21. The highest BCUT2D eigenvalue weighted by atomic mass is 79.9. The summed E-state index contributed by atoms with van der Waals surface area (Å²) >= 11 is 3.08. The predicted octanol–water partition coefficient (Wildman–Crippen LogP) is 2.29. The number of sulfonamides is 1. The predicted molar refractivity (Wildman–Crippen MR) is 74.7 cm³/mol. The summed E-state index contributed by atoms with van der Waals surface area (Å²) in [5.74, 6) is -0.0678. The first-order valence-corrected chi connectivity index (χ1v) is 8.22. The molecule has 0 saturated carbocycles. The van der Waals surface area contributed by atoms with Crippen molar-refractivity contribution in [2.24, 2.45) is 0 Å². The first-order chi connectivity index (χ1) is 8.47. The molecule has 0 unspecified atom stereocenters. The molecule has 1 aromatic rings. The Balaban J connectivity index is 3.08. The Hall–Kier alpha value is -0.720. The number of hydrogen-bond donors (Lipinski definition) is 0. The van der Waals surface area contributed by atoms with Gasteiger partial charge in [-0.25, -0.2) is 8.42 Å². The van der Waals surface area contributed by atoms with Crippen LogP contribution in [-0.2, 0) is 10.0 Å². The fourth-order valence-corrected chi connectivity index (χ4v) is 3.38. The normalized spacial score (nSPS) is 11.8. The van der Waals surface area contributed by atoms with Crippen LogP contribution in [0.4, 0.5) is 0 Å². The molecule has 1 rings (SSSR count). The Kier molecular flexibility index (Phi) is 5.49. The van der Waals surface area contributed by atoms with Gasteiger partial charge in [-0.05, 0) is 12.1 Å². The summed E-state index contributed by atoms with van der Waals surface area (Å²) in [6.45, 7) is 4.45. The van der Waals surface area contributed by atoms with Crippen molar-refractivity contribution in [3.05, 3.63) is 29.8 Å². The van der Waals surface area contributed by atoms with Crippen LogP contribution in [0.2, 0.25) is 0 Å². The first-order valence-electron chi connectivity index (χ1n) is 5.66. The van der Waals surface area contributed by atoms with E-state index in [4.69, 9.17) is 0 Å². The van der Waals surface area contributed by atoms with E-state index in [1.54, 1.807) is 26.0 Å². The maximum Gasteiger partial charge on any atom is 0.243 e. The molecule has 4 nitrogen and oxygen atoms in total. The minimum absolute atomic E-state index is 0.0678. The van der Waals surface area contributed by atoms with Crippen molar-refractivity contribution >= 4 is 31.7 Å². The van der Waals surface area contributed by atoms with Crippen LogP contribution in [0.3, 0.4) is 0 Å². The fraction of sp³-hybridized carbons (Fsp3) is 0.417. The number of rotatable bonds is 6. The zero-order valence-electron chi connectivity index (χ0n) is 10.4. The van der Waals surface area contributed by atoms with Crippen molar-refractivity contribution in [2.45, 2.75) is 18.7 Å². The molecule has 0 aliphatic rings. The lowest BCUT2D eigenvalue weighted by atomic mass is 10.2. The Morgan fingerprint density at radius 1 is 1.17 bits per heavy atom. The van der Waals surface area contributed by atoms with Crippen LogP contribution < -0.4 is 0 Å². The summed E-state index contributed by atoms with van der Waals surface area (Å²) in [6.07, 6.45) is 0. The third-order valence-electron chi connectivity index (χ3n) is 2.64. The largest absolute Gasteiger partial charge is 0.293 e. The van der Waals surface area contributed by atoms with Gasteiger partial charge in [-0.1, -0.05) is 41.9 Å². The standard InChI is InChI=1S/C12H16BrNO3S/c1-3-14(4-2)18(16,17)11-7-5-10(6-8-11)12(15)9-13/h5-8H,3-4,9H2,1-2H3. The third kappa shape index (κ3) is 3.18. The van der Waals surface area contributed by atoms with Gasteiger partial charge in [0.1, 0.15) is 0 Å². The number of hydrogen-bond acceptors (Lipinski definition) is 3. The molecule has 1 aromatic carbocycles. The number of alkyl halides is 1.